The van der Waals surface area contributed by atoms with Crippen LogP contribution in [0.15, 0.2) is 127 Å². The Morgan fingerprint density at radius 1 is 0.548 bits per heavy atom. The lowest BCUT2D eigenvalue weighted by molar-refractivity contribution is 0.646. The van der Waals surface area contributed by atoms with Gasteiger partial charge in [-0.2, -0.15) is 0 Å². The number of rotatable bonds is 2. The van der Waals surface area contributed by atoms with Crippen molar-refractivity contribution in [2.45, 2.75) is 19.3 Å². The van der Waals surface area contributed by atoms with E-state index < -0.39 is 0 Å². The predicted octanol–water partition coefficient (Wildman–Crippen LogP) is 9.85. The molecule has 2 heterocycles. The van der Waals surface area contributed by atoms with Gasteiger partial charge < -0.3 is 0 Å². The molecule has 42 heavy (non-hydrogen) atoms. The fourth-order valence-corrected chi connectivity index (χ4v) is 7.16. The highest BCUT2D eigenvalue weighted by atomic mass is 15.1. The summed E-state index contributed by atoms with van der Waals surface area (Å²) in [5.41, 5.74) is 9.45. The molecule has 0 unspecified atom stereocenters. The van der Waals surface area contributed by atoms with E-state index in [1.165, 1.54) is 43.8 Å². The van der Waals surface area contributed by atoms with Crippen molar-refractivity contribution in [3.63, 3.8) is 0 Å². The van der Waals surface area contributed by atoms with E-state index in [0.29, 0.717) is 0 Å². The summed E-state index contributed by atoms with van der Waals surface area (Å²) >= 11 is 0. The molecule has 0 saturated carbocycles. The summed E-state index contributed by atoms with van der Waals surface area (Å²) in [4.78, 5) is 10.3. The molecule has 8 aromatic rings. The van der Waals surface area contributed by atoms with E-state index in [2.05, 4.69) is 128 Å². The van der Waals surface area contributed by atoms with Gasteiger partial charge in [0.1, 0.15) is 5.82 Å². The van der Waals surface area contributed by atoms with Crippen molar-refractivity contribution in [2.24, 2.45) is 0 Å². The van der Waals surface area contributed by atoms with E-state index in [1.807, 2.05) is 18.2 Å². The molecule has 0 saturated heterocycles. The van der Waals surface area contributed by atoms with Crippen molar-refractivity contribution in [1.82, 2.24) is 14.5 Å². The minimum absolute atomic E-state index is 0.136. The summed E-state index contributed by atoms with van der Waals surface area (Å²) < 4.78 is 2.36. The molecule has 0 aliphatic heterocycles. The van der Waals surface area contributed by atoms with Gasteiger partial charge in [-0.3, -0.25) is 4.57 Å². The minimum atomic E-state index is -0.136. The molecule has 1 aliphatic carbocycles. The van der Waals surface area contributed by atoms with Crippen molar-refractivity contribution >= 4 is 43.5 Å². The molecule has 0 fully saturated rings. The Balaban J connectivity index is 1.44. The lowest BCUT2D eigenvalue weighted by atomic mass is 9.68. The molecule has 0 spiro atoms. The van der Waals surface area contributed by atoms with Gasteiger partial charge in [0.25, 0.3) is 0 Å². The van der Waals surface area contributed by atoms with Crippen LogP contribution in [0.3, 0.4) is 0 Å². The molecule has 3 nitrogen and oxygen atoms in total. The fraction of sp³-hybridized carbons (Fsp3) is 0.0769. The Morgan fingerprint density at radius 3 is 2.14 bits per heavy atom. The lowest BCUT2D eigenvalue weighted by Gasteiger charge is -2.35. The molecular formula is C39H27N3. The van der Waals surface area contributed by atoms with Crippen molar-refractivity contribution in [3.8, 4) is 28.3 Å². The van der Waals surface area contributed by atoms with E-state index in [4.69, 9.17) is 9.97 Å². The molecule has 198 valence electrons. The van der Waals surface area contributed by atoms with Crippen LogP contribution in [0.2, 0.25) is 0 Å². The topological polar surface area (TPSA) is 30.7 Å². The molecule has 0 radical (unpaired) electrons. The maximum atomic E-state index is 5.28. The molecule has 0 amide bonds. The quantitative estimate of drug-likeness (QED) is 0.220. The van der Waals surface area contributed by atoms with E-state index in [1.54, 1.807) is 0 Å². The average Bonchev–Trinajstić information content (AvgIpc) is 3.36. The van der Waals surface area contributed by atoms with Crippen molar-refractivity contribution in [2.75, 3.05) is 0 Å². The van der Waals surface area contributed by atoms with Crippen molar-refractivity contribution in [3.05, 3.63) is 139 Å². The monoisotopic (exact) mass is 537 g/mol. The second-order valence-corrected chi connectivity index (χ2v) is 11.9. The van der Waals surface area contributed by atoms with Gasteiger partial charge in [-0.25, -0.2) is 9.97 Å². The highest BCUT2D eigenvalue weighted by Gasteiger charge is 2.34. The van der Waals surface area contributed by atoms with Crippen LogP contribution in [0.4, 0.5) is 0 Å². The van der Waals surface area contributed by atoms with Crippen LogP contribution in [0.5, 0.6) is 0 Å². The molecule has 0 bridgehead atoms. The number of aromatic nitrogens is 3. The Hall–Kier alpha value is -5.28. The second-order valence-electron chi connectivity index (χ2n) is 11.9. The molecular weight excluding hydrogens is 510 g/mol. The van der Waals surface area contributed by atoms with Gasteiger partial charge in [0.2, 0.25) is 0 Å². The van der Waals surface area contributed by atoms with Gasteiger partial charge in [0.05, 0.1) is 16.6 Å². The van der Waals surface area contributed by atoms with Crippen LogP contribution >= 0.6 is 0 Å². The van der Waals surface area contributed by atoms with E-state index in [9.17, 15) is 0 Å². The zero-order valence-corrected chi connectivity index (χ0v) is 23.5. The summed E-state index contributed by atoms with van der Waals surface area (Å²) in [5.74, 6) is 1.63. The van der Waals surface area contributed by atoms with Crippen LogP contribution in [0.1, 0.15) is 25.0 Å². The molecule has 0 atom stereocenters. The van der Waals surface area contributed by atoms with Crippen LogP contribution in [0, 0.1) is 0 Å². The summed E-state index contributed by atoms with van der Waals surface area (Å²) in [7, 11) is 0. The van der Waals surface area contributed by atoms with Gasteiger partial charge in [0, 0.05) is 27.1 Å². The summed E-state index contributed by atoms with van der Waals surface area (Å²) in [6.07, 6.45) is 0. The first kappa shape index (κ1) is 23.4. The molecule has 2 aromatic heterocycles. The number of para-hydroxylation sites is 2. The smallest absolute Gasteiger partial charge is 0.162 e. The molecule has 9 rings (SSSR count). The highest BCUT2D eigenvalue weighted by Crippen LogP contribution is 2.50. The first-order chi connectivity index (χ1) is 20.6. The Morgan fingerprint density at radius 2 is 1.29 bits per heavy atom. The molecule has 6 aromatic carbocycles. The maximum absolute atomic E-state index is 5.28. The average molecular weight is 538 g/mol. The summed E-state index contributed by atoms with van der Waals surface area (Å²) in [5, 5.41) is 6.16. The summed E-state index contributed by atoms with van der Waals surface area (Å²) in [6, 6.07) is 45.6. The number of fused-ring (bicyclic) bond motifs is 6. The Kier molecular flexibility index (Phi) is 4.67. The molecule has 0 N–H and O–H groups in total. The van der Waals surface area contributed by atoms with Gasteiger partial charge in [-0.1, -0.05) is 111 Å². The first-order valence-electron chi connectivity index (χ1n) is 14.5. The van der Waals surface area contributed by atoms with Crippen molar-refractivity contribution in [1.29, 1.82) is 0 Å². The third-order valence-corrected chi connectivity index (χ3v) is 9.18. The normalized spacial score (nSPS) is 13.7. The van der Waals surface area contributed by atoms with Gasteiger partial charge in [0.15, 0.2) is 5.82 Å². The minimum Gasteiger partial charge on any atom is -0.293 e. The summed E-state index contributed by atoms with van der Waals surface area (Å²) in [6.45, 7) is 4.73. The lowest BCUT2D eigenvalue weighted by Crippen LogP contribution is -2.23. The third kappa shape index (κ3) is 3.11. The Bertz CT molecular complexity index is 2370. The van der Waals surface area contributed by atoms with Crippen molar-refractivity contribution < 1.29 is 0 Å². The predicted molar refractivity (Wildman–Crippen MR) is 174 cm³/mol. The zero-order chi connectivity index (χ0) is 28.0. The maximum Gasteiger partial charge on any atom is 0.162 e. The SMILES string of the molecule is CC1(C)c2cc3c4ccccc4n(-c4nc(-c5ccccc5)nc5ccccc45)c3cc2-c2cccc3cccc1c23. The second kappa shape index (κ2) is 8.37. The Labute approximate surface area is 243 Å². The standard InChI is InChI=1S/C39H27N3/c1-39(2)31-19-11-15-24-14-10-18-27(36(24)31)29-23-35-30(22-32(29)39)26-16-7-9-21-34(26)42(35)38-28-17-6-8-20-33(28)40-37(41-38)25-12-4-3-5-13-25/h3-23H,1-2H3. The number of hydrogen-bond donors (Lipinski definition) is 0. The molecule has 3 heteroatoms. The molecule has 1 aliphatic rings. The first-order valence-corrected chi connectivity index (χ1v) is 14.5. The van der Waals surface area contributed by atoms with E-state index in [-0.39, 0.29) is 5.41 Å². The van der Waals surface area contributed by atoms with Crippen LogP contribution in [-0.2, 0) is 5.41 Å². The van der Waals surface area contributed by atoms with Gasteiger partial charge >= 0.3 is 0 Å². The van der Waals surface area contributed by atoms with Crippen LogP contribution in [-0.4, -0.2) is 14.5 Å². The third-order valence-electron chi connectivity index (χ3n) is 9.18. The largest absolute Gasteiger partial charge is 0.293 e. The van der Waals surface area contributed by atoms with Gasteiger partial charge in [-0.15, -0.1) is 0 Å². The zero-order valence-electron chi connectivity index (χ0n) is 23.5. The number of benzene rings is 6. The van der Waals surface area contributed by atoms with E-state index in [0.717, 1.165) is 39.1 Å². The highest BCUT2D eigenvalue weighted by molar-refractivity contribution is 6.13. The van der Waals surface area contributed by atoms with E-state index >= 15 is 0 Å². The number of nitrogens with zero attached hydrogens (tertiary/aromatic N) is 3. The van der Waals surface area contributed by atoms with Crippen LogP contribution < -0.4 is 0 Å². The van der Waals surface area contributed by atoms with Crippen LogP contribution in [0.25, 0.3) is 71.8 Å². The number of hydrogen-bond acceptors (Lipinski definition) is 2. The van der Waals surface area contributed by atoms with Gasteiger partial charge in [-0.05, 0) is 63.4 Å². The fourth-order valence-electron chi connectivity index (χ4n) is 7.16.